The summed E-state index contributed by atoms with van der Waals surface area (Å²) in [5, 5.41) is 0. The zero-order chi connectivity index (χ0) is 13.1. The molecule has 0 aliphatic carbocycles. The van der Waals surface area contributed by atoms with E-state index in [2.05, 4.69) is 14.7 Å². The molecular formula is C9H9F3N2O3. The lowest BCUT2D eigenvalue weighted by atomic mass is 10.4. The molecular weight excluding hydrogens is 241 g/mol. The number of hydrogen-bond donors (Lipinski definition) is 0. The molecule has 1 heterocycles. The summed E-state index contributed by atoms with van der Waals surface area (Å²) < 4.78 is 46.1. The molecule has 0 bridgehead atoms. The molecule has 0 unspecified atom stereocenters. The van der Waals surface area contributed by atoms with Crippen LogP contribution in [0.4, 0.5) is 13.2 Å². The van der Waals surface area contributed by atoms with Crippen molar-refractivity contribution in [1.82, 2.24) is 9.97 Å². The largest absolute Gasteiger partial charge is 0.466 e. The van der Waals surface area contributed by atoms with Crippen molar-refractivity contribution >= 4 is 5.97 Å². The average molecular weight is 250 g/mol. The van der Waals surface area contributed by atoms with Gasteiger partial charge in [0.2, 0.25) is 5.88 Å². The molecule has 1 aromatic rings. The Labute approximate surface area is 94.6 Å². The molecule has 0 aliphatic rings. The number of alkyl halides is 3. The third kappa shape index (κ3) is 3.89. The molecule has 0 spiro atoms. The minimum atomic E-state index is -4.59. The third-order valence-electron chi connectivity index (χ3n) is 1.67. The van der Waals surface area contributed by atoms with Crippen LogP contribution in [0.1, 0.15) is 11.5 Å². The molecule has 0 radical (unpaired) electrons. The van der Waals surface area contributed by atoms with Gasteiger partial charge < -0.3 is 9.47 Å². The molecule has 0 aromatic carbocycles. The minimum Gasteiger partial charge on any atom is -0.466 e. The number of halogens is 3. The highest BCUT2D eigenvalue weighted by Gasteiger charge is 2.33. The normalized spacial score (nSPS) is 11.1. The Morgan fingerprint density at radius 1 is 1.41 bits per heavy atom. The number of aryl methyl sites for hydroxylation is 1. The lowest BCUT2D eigenvalue weighted by Gasteiger charge is -2.09. The van der Waals surface area contributed by atoms with E-state index in [9.17, 15) is 18.0 Å². The summed E-state index contributed by atoms with van der Waals surface area (Å²) >= 11 is 0. The Morgan fingerprint density at radius 3 is 2.59 bits per heavy atom. The summed E-state index contributed by atoms with van der Waals surface area (Å²) in [7, 11) is 1.14. The van der Waals surface area contributed by atoms with Crippen molar-refractivity contribution in [3.8, 4) is 5.88 Å². The zero-order valence-electron chi connectivity index (χ0n) is 9.04. The van der Waals surface area contributed by atoms with Crippen LogP contribution in [0.25, 0.3) is 0 Å². The second-order valence-corrected chi connectivity index (χ2v) is 3.00. The van der Waals surface area contributed by atoms with Crippen molar-refractivity contribution in [3.63, 3.8) is 0 Å². The highest BCUT2D eigenvalue weighted by atomic mass is 19.4. The fourth-order valence-electron chi connectivity index (χ4n) is 0.951. The van der Waals surface area contributed by atoms with Crippen molar-refractivity contribution < 1.29 is 27.4 Å². The lowest BCUT2D eigenvalue weighted by Crippen LogP contribution is -2.15. The molecule has 8 heteroatoms. The van der Waals surface area contributed by atoms with E-state index >= 15 is 0 Å². The van der Waals surface area contributed by atoms with Crippen LogP contribution < -0.4 is 4.74 Å². The molecule has 0 amide bonds. The van der Waals surface area contributed by atoms with E-state index in [1.165, 1.54) is 6.92 Å². The van der Waals surface area contributed by atoms with Crippen LogP contribution in [-0.2, 0) is 15.7 Å². The summed E-state index contributed by atoms with van der Waals surface area (Å²) in [5.41, 5.74) is -1.12. The predicted octanol–water partition coefficient (Wildman–Crippen LogP) is 1.36. The smallest absolute Gasteiger partial charge is 0.433 e. The SMILES string of the molecule is COC(=O)COc1cc(C(F)(F)F)nc(C)n1. The summed E-state index contributed by atoms with van der Waals surface area (Å²) in [6.45, 7) is 0.782. The number of nitrogens with zero attached hydrogens (tertiary/aromatic N) is 2. The molecule has 0 saturated heterocycles. The Bertz CT molecular complexity index is 420. The second kappa shape index (κ2) is 4.98. The summed E-state index contributed by atoms with van der Waals surface area (Å²) in [4.78, 5) is 17.6. The molecule has 0 aliphatic heterocycles. The topological polar surface area (TPSA) is 61.3 Å². The number of ether oxygens (including phenoxy) is 2. The van der Waals surface area contributed by atoms with Crippen LogP contribution in [0.15, 0.2) is 6.07 Å². The van der Waals surface area contributed by atoms with Crippen LogP contribution in [0.2, 0.25) is 0 Å². The molecule has 0 atom stereocenters. The number of aromatic nitrogens is 2. The average Bonchev–Trinajstić information content (AvgIpc) is 2.24. The van der Waals surface area contributed by atoms with Crippen LogP contribution in [0.3, 0.4) is 0 Å². The molecule has 1 rings (SSSR count). The van der Waals surface area contributed by atoms with Crippen molar-refractivity contribution in [2.45, 2.75) is 13.1 Å². The minimum absolute atomic E-state index is 0.0975. The number of carbonyl (C=O) groups is 1. The van der Waals surface area contributed by atoms with E-state index in [4.69, 9.17) is 4.74 Å². The van der Waals surface area contributed by atoms with Gasteiger partial charge in [0, 0.05) is 6.07 Å². The van der Waals surface area contributed by atoms with Gasteiger partial charge >= 0.3 is 12.1 Å². The molecule has 5 nitrogen and oxygen atoms in total. The van der Waals surface area contributed by atoms with Gasteiger partial charge in [-0.05, 0) is 6.92 Å². The maximum Gasteiger partial charge on any atom is 0.433 e. The van der Waals surface area contributed by atoms with Gasteiger partial charge in [-0.3, -0.25) is 0 Å². The van der Waals surface area contributed by atoms with Gasteiger partial charge in [-0.2, -0.15) is 18.2 Å². The zero-order valence-corrected chi connectivity index (χ0v) is 9.04. The van der Waals surface area contributed by atoms with Crippen molar-refractivity contribution in [3.05, 3.63) is 17.6 Å². The lowest BCUT2D eigenvalue weighted by molar-refractivity contribution is -0.143. The second-order valence-electron chi connectivity index (χ2n) is 3.00. The Morgan fingerprint density at radius 2 is 2.06 bits per heavy atom. The Balaban J connectivity index is 2.87. The first-order valence-corrected chi connectivity index (χ1v) is 4.45. The molecule has 0 N–H and O–H groups in total. The standard InChI is InChI=1S/C9H9F3N2O3/c1-5-13-6(9(10,11)12)3-7(14-5)17-4-8(15)16-2/h3H,4H2,1-2H3. The van der Waals surface area contributed by atoms with Crippen LogP contribution in [0, 0.1) is 6.92 Å². The summed E-state index contributed by atoms with van der Waals surface area (Å²) in [6.07, 6.45) is -4.59. The highest BCUT2D eigenvalue weighted by molar-refractivity contribution is 5.70. The Hall–Kier alpha value is -1.86. The highest BCUT2D eigenvalue weighted by Crippen LogP contribution is 2.29. The van der Waals surface area contributed by atoms with Gasteiger partial charge in [0.15, 0.2) is 12.3 Å². The fraction of sp³-hybridized carbons (Fsp3) is 0.444. The van der Waals surface area contributed by atoms with Crippen LogP contribution in [0.5, 0.6) is 5.88 Å². The van der Waals surface area contributed by atoms with Gasteiger partial charge in [0.1, 0.15) is 5.82 Å². The van der Waals surface area contributed by atoms with Crippen LogP contribution in [-0.4, -0.2) is 29.7 Å². The van der Waals surface area contributed by atoms with Crippen molar-refractivity contribution in [2.75, 3.05) is 13.7 Å². The summed E-state index contributed by atoms with van der Waals surface area (Å²) in [6, 6.07) is 0.621. The quantitative estimate of drug-likeness (QED) is 0.758. The van der Waals surface area contributed by atoms with E-state index in [0.717, 1.165) is 7.11 Å². The first-order chi connectivity index (χ1) is 7.82. The van der Waals surface area contributed by atoms with Crippen molar-refractivity contribution in [1.29, 1.82) is 0 Å². The summed E-state index contributed by atoms with van der Waals surface area (Å²) in [5.74, 6) is -1.13. The molecule has 94 valence electrons. The number of carbonyl (C=O) groups excluding carboxylic acids is 1. The van der Waals surface area contributed by atoms with Gasteiger partial charge in [-0.25, -0.2) is 9.78 Å². The first kappa shape index (κ1) is 13.2. The predicted molar refractivity (Wildman–Crippen MR) is 49.3 cm³/mol. The molecule has 1 aromatic heterocycles. The third-order valence-corrected chi connectivity index (χ3v) is 1.67. The number of methoxy groups -OCH3 is 1. The van der Waals surface area contributed by atoms with E-state index in [0.29, 0.717) is 6.07 Å². The fourth-order valence-corrected chi connectivity index (χ4v) is 0.951. The maximum absolute atomic E-state index is 12.4. The molecule has 17 heavy (non-hydrogen) atoms. The number of rotatable bonds is 3. The van der Waals surface area contributed by atoms with Gasteiger partial charge in [0.25, 0.3) is 0 Å². The van der Waals surface area contributed by atoms with E-state index < -0.39 is 24.4 Å². The van der Waals surface area contributed by atoms with Gasteiger partial charge in [0.05, 0.1) is 7.11 Å². The number of hydrogen-bond acceptors (Lipinski definition) is 5. The van der Waals surface area contributed by atoms with E-state index in [1.54, 1.807) is 0 Å². The van der Waals surface area contributed by atoms with Gasteiger partial charge in [-0.1, -0.05) is 0 Å². The molecule has 0 saturated carbocycles. The van der Waals surface area contributed by atoms with Crippen LogP contribution >= 0.6 is 0 Å². The monoisotopic (exact) mass is 250 g/mol. The maximum atomic E-state index is 12.4. The molecule has 0 fully saturated rings. The Kier molecular flexibility index (Phi) is 3.87. The van der Waals surface area contributed by atoms with Crippen molar-refractivity contribution in [2.24, 2.45) is 0 Å². The van der Waals surface area contributed by atoms with E-state index in [-0.39, 0.29) is 11.7 Å². The van der Waals surface area contributed by atoms with E-state index in [1.807, 2.05) is 0 Å². The van der Waals surface area contributed by atoms with Gasteiger partial charge in [-0.15, -0.1) is 0 Å². The first-order valence-electron chi connectivity index (χ1n) is 4.45. The number of esters is 1.